The summed E-state index contributed by atoms with van der Waals surface area (Å²) >= 11 is 0. The third kappa shape index (κ3) is 7.82. The summed E-state index contributed by atoms with van der Waals surface area (Å²) in [5, 5.41) is 10.1. The van der Waals surface area contributed by atoms with Crippen molar-refractivity contribution in [2.75, 3.05) is 32.9 Å². The molecule has 4 rings (SSSR count). The molecule has 11 nitrogen and oxygen atoms in total. The highest BCUT2D eigenvalue weighted by molar-refractivity contribution is 6.06. The Morgan fingerprint density at radius 1 is 1.02 bits per heavy atom. The van der Waals surface area contributed by atoms with E-state index < -0.39 is 36.9 Å². The van der Waals surface area contributed by atoms with E-state index in [1.54, 1.807) is 33.3 Å². The maximum absolute atomic E-state index is 12.7. The second kappa shape index (κ2) is 14.2. The molecule has 0 spiro atoms. The van der Waals surface area contributed by atoms with Crippen LogP contribution in [0.25, 0.3) is 0 Å². The molecule has 2 aliphatic rings. The lowest BCUT2D eigenvalue weighted by Gasteiger charge is -2.42. The highest BCUT2D eigenvalue weighted by Gasteiger charge is 2.47. The van der Waals surface area contributed by atoms with Crippen molar-refractivity contribution in [3.8, 4) is 5.75 Å². The molecule has 2 aromatic carbocycles. The smallest absolute Gasteiger partial charge is 0.464 e. The van der Waals surface area contributed by atoms with Crippen molar-refractivity contribution < 1.29 is 51.2 Å². The fourth-order valence-corrected chi connectivity index (χ4v) is 4.96. The normalized spacial score (nSPS) is 26.0. The molecule has 0 saturated carbocycles. The second-order valence-electron chi connectivity index (χ2n) is 9.68. The van der Waals surface area contributed by atoms with Gasteiger partial charge in [0.05, 0.1) is 30.3 Å². The number of carbonyl (C=O) groups is 1. The predicted molar refractivity (Wildman–Crippen MR) is 149 cm³/mol. The number of hydrogen-bond acceptors (Lipinski definition) is 11. The van der Waals surface area contributed by atoms with E-state index in [1.807, 2.05) is 19.1 Å². The van der Waals surface area contributed by atoms with E-state index in [0.717, 1.165) is 23.3 Å². The van der Waals surface area contributed by atoms with Crippen molar-refractivity contribution in [2.24, 2.45) is 10.3 Å². The summed E-state index contributed by atoms with van der Waals surface area (Å²) in [6, 6.07) is 11.5. The van der Waals surface area contributed by atoms with Gasteiger partial charge in [0.15, 0.2) is 12.1 Å². The third-order valence-corrected chi connectivity index (χ3v) is 6.96. The Labute approximate surface area is 247 Å². The van der Waals surface area contributed by atoms with Crippen LogP contribution in [0, 0.1) is 0 Å². The SMILES string of the molecule is CCOC(=O)C1CC(c2ccc(/C=N/O[C@@H]3O[C@@H](C)[C@H](OC)[C@@H](OC)[C@H]3OC)cc2)=NN1c1ccc(OC(F)(F)F)cc1. The number of halogens is 3. The van der Waals surface area contributed by atoms with E-state index >= 15 is 0 Å². The molecule has 43 heavy (non-hydrogen) atoms. The van der Waals surface area contributed by atoms with Crippen LogP contribution in [-0.2, 0) is 33.3 Å². The Morgan fingerprint density at radius 2 is 1.67 bits per heavy atom. The Kier molecular flexibility index (Phi) is 10.6. The average molecular weight is 610 g/mol. The van der Waals surface area contributed by atoms with Crippen LogP contribution in [0.15, 0.2) is 58.8 Å². The van der Waals surface area contributed by atoms with Gasteiger partial charge in [-0.3, -0.25) is 5.01 Å². The Hall–Kier alpha value is -3.72. The van der Waals surface area contributed by atoms with E-state index in [-0.39, 0.29) is 31.0 Å². The van der Waals surface area contributed by atoms with E-state index in [0.29, 0.717) is 11.4 Å². The van der Waals surface area contributed by atoms with Gasteiger partial charge in [0.1, 0.15) is 18.0 Å². The first-order chi connectivity index (χ1) is 20.6. The van der Waals surface area contributed by atoms with Crippen LogP contribution >= 0.6 is 0 Å². The minimum Gasteiger partial charge on any atom is -0.464 e. The van der Waals surface area contributed by atoms with Gasteiger partial charge in [-0.25, -0.2) is 4.79 Å². The van der Waals surface area contributed by atoms with Crippen LogP contribution in [0.5, 0.6) is 5.75 Å². The summed E-state index contributed by atoms with van der Waals surface area (Å²) in [6.07, 6.45) is -5.54. The number of methoxy groups -OCH3 is 3. The number of esters is 1. The number of benzene rings is 2. The van der Waals surface area contributed by atoms with E-state index in [9.17, 15) is 18.0 Å². The summed E-state index contributed by atoms with van der Waals surface area (Å²) in [4.78, 5) is 18.3. The number of ether oxygens (including phenoxy) is 6. The molecule has 1 saturated heterocycles. The zero-order valence-electron chi connectivity index (χ0n) is 24.3. The molecule has 6 atom stereocenters. The van der Waals surface area contributed by atoms with Crippen LogP contribution < -0.4 is 9.75 Å². The fourth-order valence-electron chi connectivity index (χ4n) is 4.96. The lowest BCUT2D eigenvalue weighted by molar-refractivity contribution is -0.305. The summed E-state index contributed by atoms with van der Waals surface area (Å²) < 4.78 is 69.3. The Balaban J connectivity index is 1.46. The van der Waals surface area contributed by atoms with Gasteiger partial charge in [-0.2, -0.15) is 5.10 Å². The molecular weight excluding hydrogens is 575 g/mol. The number of hydrogen-bond donors (Lipinski definition) is 0. The van der Waals surface area contributed by atoms with Gasteiger partial charge < -0.3 is 33.3 Å². The summed E-state index contributed by atoms with van der Waals surface area (Å²) in [5.41, 5.74) is 2.46. The minimum atomic E-state index is -4.81. The largest absolute Gasteiger partial charge is 0.573 e. The number of hydrazone groups is 1. The second-order valence-corrected chi connectivity index (χ2v) is 9.68. The van der Waals surface area contributed by atoms with E-state index in [4.69, 9.17) is 28.5 Å². The molecule has 0 aromatic heterocycles. The van der Waals surface area contributed by atoms with Crippen LogP contribution in [-0.4, -0.2) is 88.9 Å². The van der Waals surface area contributed by atoms with Crippen molar-refractivity contribution in [2.45, 2.75) is 63.4 Å². The van der Waals surface area contributed by atoms with Crippen molar-refractivity contribution >= 4 is 23.6 Å². The molecule has 0 aliphatic carbocycles. The first-order valence-electron chi connectivity index (χ1n) is 13.5. The molecule has 0 N–H and O–H groups in total. The summed E-state index contributed by atoms with van der Waals surface area (Å²) in [7, 11) is 4.67. The van der Waals surface area contributed by atoms with Crippen molar-refractivity contribution in [3.05, 3.63) is 59.7 Å². The van der Waals surface area contributed by atoms with Gasteiger partial charge in [-0.15, -0.1) is 13.2 Å². The Morgan fingerprint density at radius 3 is 2.26 bits per heavy atom. The van der Waals surface area contributed by atoms with Gasteiger partial charge in [0.25, 0.3) is 6.29 Å². The number of oxime groups is 1. The number of carbonyl (C=O) groups excluding carboxylic acids is 1. The van der Waals surface area contributed by atoms with E-state index in [2.05, 4.69) is 15.0 Å². The predicted octanol–water partition coefficient (Wildman–Crippen LogP) is 4.27. The van der Waals surface area contributed by atoms with Crippen molar-refractivity contribution in [1.29, 1.82) is 0 Å². The monoisotopic (exact) mass is 609 g/mol. The number of anilines is 1. The minimum absolute atomic E-state index is 0.169. The molecule has 234 valence electrons. The molecule has 0 radical (unpaired) electrons. The topological polar surface area (TPSA) is 110 Å². The quantitative estimate of drug-likeness (QED) is 0.210. The average Bonchev–Trinajstić information content (AvgIpc) is 3.42. The lowest BCUT2D eigenvalue weighted by atomic mass is 9.99. The van der Waals surface area contributed by atoms with Gasteiger partial charge in [0.2, 0.25) is 0 Å². The third-order valence-electron chi connectivity index (χ3n) is 6.96. The zero-order chi connectivity index (χ0) is 31.1. The van der Waals surface area contributed by atoms with Crippen LogP contribution in [0.3, 0.4) is 0 Å². The van der Waals surface area contributed by atoms with E-state index in [1.165, 1.54) is 30.5 Å². The zero-order valence-corrected chi connectivity index (χ0v) is 24.3. The highest BCUT2D eigenvalue weighted by atomic mass is 19.4. The van der Waals surface area contributed by atoms with Gasteiger partial charge in [0, 0.05) is 27.8 Å². The lowest BCUT2D eigenvalue weighted by Crippen LogP contribution is -2.59. The molecule has 2 aromatic rings. The van der Waals surface area contributed by atoms with Gasteiger partial charge in [-0.05, 0) is 49.2 Å². The van der Waals surface area contributed by atoms with Crippen molar-refractivity contribution in [3.63, 3.8) is 0 Å². The van der Waals surface area contributed by atoms with Gasteiger partial charge in [-0.1, -0.05) is 29.4 Å². The summed E-state index contributed by atoms with van der Waals surface area (Å²) in [6.45, 7) is 3.71. The molecule has 2 heterocycles. The molecule has 2 aliphatic heterocycles. The van der Waals surface area contributed by atoms with Crippen molar-refractivity contribution in [1.82, 2.24) is 0 Å². The van der Waals surface area contributed by atoms with Crippen LogP contribution in [0.4, 0.5) is 18.9 Å². The number of alkyl halides is 3. The van der Waals surface area contributed by atoms with Gasteiger partial charge >= 0.3 is 12.3 Å². The first kappa shape index (κ1) is 32.2. The molecule has 0 amide bonds. The molecule has 0 bridgehead atoms. The fraction of sp³-hybridized carbons (Fsp3) is 0.483. The number of rotatable bonds is 11. The maximum Gasteiger partial charge on any atom is 0.573 e. The van der Waals surface area contributed by atoms with Crippen LogP contribution in [0.1, 0.15) is 31.4 Å². The van der Waals surface area contributed by atoms with Crippen LogP contribution in [0.2, 0.25) is 0 Å². The molecule has 1 fully saturated rings. The molecule has 14 heteroatoms. The highest BCUT2D eigenvalue weighted by Crippen LogP contribution is 2.31. The number of nitrogens with zero attached hydrogens (tertiary/aromatic N) is 3. The molecular formula is C29H34F3N3O8. The standard InChI is InChI=1S/C29H34F3N3O8/c1-6-40-27(36)23-15-22(34-35(23)20-11-13-21(14-12-20)42-29(30,31)32)19-9-7-18(8-10-19)16-33-43-28-26(39-5)25(38-4)24(37-3)17(2)41-28/h7-14,16-17,23-26,28H,6,15H2,1-5H3/b33-16+/t17-,23?,24-,25+,26+,28-/m0/s1. The first-order valence-corrected chi connectivity index (χ1v) is 13.5. The Bertz CT molecular complexity index is 1270. The summed E-state index contributed by atoms with van der Waals surface area (Å²) in [5.74, 6) is -0.882. The molecule has 1 unspecified atom stereocenters. The maximum atomic E-state index is 12.7.